The molecule has 1 unspecified atom stereocenters. The molecule has 0 bridgehead atoms. The number of pyridine rings is 1. The molecule has 182 valence electrons. The number of aryl methyl sites for hydroxylation is 1. The SMILES string of the molecule is CCC(CCCc1cccnc1)NC(=O)/C=C/C=C(c1ccc(OC)cc1)c1ccc(OC)cc1. The second-order valence-electron chi connectivity index (χ2n) is 8.26. The molecule has 3 rings (SSSR count). The maximum absolute atomic E-state index is 12.6. The molecule has 5 heteroatoms. The van der Waals surface area contributed by atoms with Crippen LogP contribution in [0.15, 0.2) is 91.3 Å². The molecule has 0 aliphatic heterocycles. The summed E-state index contributed by atoms with van der Waals surface area (Å²) in [4.78, 5) is 16.8. The average Bonchev–Trinajstić information content (AvgIpc) is 2.91. The van der Waals surface area contributed by atoms with E-state index in [-0.39, 0.29) is 11.9 Å². The van der Waals surface area contributed by atoms with E-state index in [0.29, 0.717) is 0 Å². The molecular formula is C30H34N2O3. The van der Waals surface area contributed by atoms with E-state index in [9.17, 15) is 4.79 Å². The number of aromatic nitrogens is 1. The van der Waals surface area contributed by atoms with Crippen molar-refractivity contribution in [2.75, 3.05) is 14.2 Å². The normalized spacial score (nSPS) is 11.6. The molecule has 35 heavy (non-hydrogen) atoms. The minimum absolute atomic E-state index is 0.0849. The van der Waals surface area contributed by atoms with Crippen LogP contribution < -0.4 is 14.8 Å². The largest absolute Gasteiger partial charge is 0.497 e. The lowest BCUT2D eigenvalue weighted by molar-refractivity contribution is -0.117. The molecule has 1 atom stereocenters. The Kier molecular flexibility index (Phi) is 10.1. The molecule has 1 aromatic heterocycles. The molecule has 0 spiro atoms. The van der Waals surface area contributed by atoms with Crippen molar-refractivity contribution in [2.24, 2.45) is 0 Å². The summed E-state index contributed by atoms with van der Waals surface area (Å²) < 4.78 is 10.6. The maximum Gasteiger partial charge on any atom is 0.244 e. The zero-order valence-electron chi connectivity index (χ0n) is 20.7. The number of benzene rings is 2. The molecular weight excluding hydrogens is 436 g/mol. The predicted octanol–water partition coefficient (Wildman–Crippen LogP) is 6.00. The highest BCUT2D eigenvalue weighted by Gasteiger charge is 2.09. The van der Waals surface area contributed by atoms with Crippen molar-refractivity contribution in [3.05, 3.63) is 108 Å². The molecule has 0 saturated heterocycles. The Morgan fingerprint density at radius 1 is 0.971 bits per heavy atom. The van der Waals surface area contributed by atoms with Gasteiger partial charge in [0.15, 0.2) is 0 Å². The number of carbonyl (C=O) groups excluding carboxylic acids is 1. The molecule has 1 heterocycles. The van der Waals surface area contributed by atoms with Gasteiger partial charge in [-0.15, -0.1) is 0 Å². The summed E-state index contributed by atoms with van der Waals surface area (Å²) >= 11 is 0. The van der Waals surface area contributed by atoms with Gasteiger partial charge in [-0.2, -0.15) is 0 Å². The maximum atomic E-state index is 12.6. The van der Waals surface area contributed by atoms with Crippen molar-refractivity contribution in [3.63, 3.8) is 0 Å². The Bertz CT molecular complexity index is 1060. The van der Waals surface area contributed by atoms with E-state index in [4.69, 9.17) is 9.47 Å². The van der Waals surface area contributed by atoms with Crippen LogP contribution in [0.5, 0.6) is 11.5 Å². The van der Waals surface area contributed by atoms with Gasteiger partial charge in [-0.25, -0.2) is 0 Å². The van der Waals surface area contributed by atoms with Gasteiger partial charge in [0.05, 0.1) is 14.2 Å². The van der Waals surface area contributed by atoms with Crippen LogP contribution in [0.4, 0.5) is 0 Å². The van der Waals surface area contributed by atoms with Crippen LogP contribution in [0.1, 0.15) is 42.9 Å². The van der Waals surface area contributed by atoms with Gasteiger partial charge in [0, 0.05) is 24.5 Å². The number of hydrogen-bond donors (Lipinski definition) is 1. The minimum atomic E-state index is -0.0849. The number of amides is 1. The fraction of sp³-hybridized carbons (Fsp3) is 0.267. The second-order valence-corrected chi connectivity index (χ2v) is 8.26. The van der Waals surface area contributed by atoms with E-state index in [2.05, 4.69) is 23.3 Å². The number of nitrogens with one attached hydrogen (secondary N) is 1. The van der Waals surface area contributed by atoms with Gasteiger partial charge in [-0.1, -0.05) is 49.4 Å². The van der Waals surface area contributed by atoms with Crippen molar-refractivity contribution in [3.8, 4) is 11.5 Å². The lowest BCUT2D eigenvalue weighted by Gasteiger charge is -2.15. The van der Waals surface area contributed by atoms with Crippen LogP contribution in [0.2, 0.25) is 0 Å². The predicted molar refractivity (Wildman–Crippen MR) is 142 cm³/mol. The van der Waals surface area contributed by atoms with Gasteiger partial charge in [0.2, 0.25) is 5.91 Å². The highest BCUT2D eigenvalue weighted by Crippen LogP contribution is 2.27. The topological polar surface area (TPSA) is 60.5 Å². The number of nitrogens with zero attached hydrogens (tertiary/aromatic N) is 1. The Morgan fingerprint density at radius 3 is 2.11 bits per heavy atom. The Morgan fingerprint density at radius 2 is 1.60 bits per heavy atom. The Hall–Kier alpha value is -3.86. The minimum Gasteiger partial charge on any atom is -0.497 e. The summed E-state index contributed by atoms with van der Waals surface area (Å²) in [5.41, 5.74) is 4.29. The second kappa shape index (κ2) is 13.8. The van der Waals surface area contributed by atoms with E-state index >= 15 is 0 Å². The quantitative estimate of drug-likeness (QED) is 0.260. The number of carbonyl (C=O) groups is 1. The lowest BCUT2D eigenvalue weighted by atomic mass is 9.97. The highest BCUT2D eigenvalue weighted by atomic mass is 16.5. The van der Waals surface area contributed by atoms with Gasteiger partial charge >= 0.3 is 0 Å². The Labute approximate surface area is 208 Å². The van der Waals surface area contributed by atoms with Gasteiger partial charge < -0.3 is 14.8 Å². The fourth-order valence-electron chi connectivity index (χ4n) is 3.86. The summed E-state index contributed by atoms with van der Waals surface area (Å²) in [6, 6.07) is 20.0. The smallest absolute Gasteiger partial charge is 0.244 e. The number of allylic oxidation sites excluding steroid dienone is 2. The van der Waals surface area contributed by atoms with E-state index in [1.165, 1.54) is 5.56 Å². The molecule has 1 amide bonds. The average molecular weight is 471 g/mol. The number of methoxy groups -OCH3 is 2. The third-order valence-corrected chi connectivity index (χ3v) is 5.89. The highest BCUT2D eigenvalue weighted by molar-refractivity contribution is 5.89. The van der Waals surface area contributed by atoms with Crippen LogP contribution in [0, 0.1) is 0 Å². The monoisotopic (exact) mass is 470 g/mol. The van der Waals surface area contributed by atoms with E-state index in [1.54, 1.807) is 26.5 Å². The van der Waals surface area contributed by atoms with Gasteiger partial charge in [0.1, 0.15) is 11.5 Å². The van der Waals surface area contributed by atoms with E-state index in [1.807, 2.05) is 72.9 Å². The van der Waals surface area contributed by atoms with Crippen LogP contribution in [-0.4, -0.2) is 31.2 Å². The van der Waals surface area contributed by atoms with E-state index in [0.717, 1.165) is 53.9 Å². The van der Waals surface area contributed by atoms with Crippen molar-refractivity contribution < 1.29 is 14.3 Å². The third-order valence-electron chi connectivity index (χ3n) is 5.89. The first kappa shape index (κ1) is 25.8. The van der Waals surface area contributed by atoms with Crippen molar-refractivity contribution in [1.82, 2.24) is 10.3 Å². The number of ether oxygens (including phenoxy) is 2. The van der Waals surface area contributed by atoms with Crippen molar-refractivity contribution in [1.29, 1.82) is 0 Å². The molecule has 0 aliphatic carbocycles. The third kappa shape index (κ3) is 8.14. The Balaban J connectivity index is 1.66. The molecule has 0 radical (unpaired) electrons. The molecule has 0 fully saturated rings. The summed E-state index contributed by atoms with van der Waals surface area (Å²) in [5, 5.41) is 3.13. The van der Waals surface area contributed by atoms with Gasteiger partial charge in [-0.05, 0) is 78.3 Å². The molecule has 0 aliphatic rings. The molecule has 2 aromatic carbocycles. The van der Waals surface area contributed by atoms with Crippen molar-refractivity contribution >= 4 is 11.5 Å². The summed E-state index contributed by atoms with van der Waals surface area (Å²) in [5.74, 6) is 1.51. The zero-order chi connectivity index (χ0) is 24.9. The fourth-order valence-corrected chi connectivity index (χ4v) is 3.86. The molecule has 5 nitrogen and oxygen atoms in total. The van der Waals surface area contributed by atoms with Gasteiger partial charge in [-0.3, -0.25) is 9.78 Å². The standard InChI is InChI=1S/C30H34N2O3/c1-4-26(10-5-8-23-9-7-21-31-22-23)32-30(33)12-6-11-29(24-13-17-27(34-2)18-14-24)25-15-19-28(35-3)20-16-25/h6-7,9,11-22,26H,4-5,8,10H2,1-3H3,(H,32,33)/b12-6+. The van der Waals surface area contributed by atoms with E-state index < -0.39 is 0 Å². The first-order valence-electron chi connectivity index (χ1n) is 12.0. The number of rotatable bonds is 12. The molecule has 0 saturated carbocycles. The molecule has 1 N–H and O–H groups in total. The van der Waals surface area contributed by atoms with Crippen LogP contribution in [0.25, 0.3) is 5.57 Å². The van der Waals surface area contributed by atoms with Crippen LogP contribution in [-0.2, 0) is 11.2 Å². The van der Waals surface area contributed by atoms with Crippen LogP contribution >= 0.6 is 0 Å². The summed E-state index contributed by atoms with van der Waals surface area (Å²) in [7, 11) is 3.30. The summed E-state index contributed by atoms with van der Waals surface area (Å²) in [6.07, 6.45) is 12.9. The van der Waals surface area contributed by atoms with Crippen LogP contribution in [0.3, 0.4) is 0 Å². The molecule has 3 aromatic rings. The van der Waals surface area contributed by atoms with Crippen molar-refractivity contribution in [2.45, 2.75) is 38.6 Å². The first-order valence-corrected chi connectivity index (χ1v) is 12.0. The lowest BCUT2D eigenvalue weighted by Crippen LogP contribution is -2.33. The number of hydrogen-bond acceptors (Lipinski definition) is 4. The first-order chi connectivity index (χ1) is 17.1. The van der Waals surface area contributed by atoms with Gasteiger partial charge in [0.25, 0.3) is 0 Å². The zero-order valence-corrected chi connectivity index (χ0v) is 20.7. The summed E-state index contributed by atoms with van der Waals surface area (Å²) in [6.45, 7) is 2.10.